The van der Waals surface area contributed by atoms with Crippen molar-refractivity contribution in [3.05, 3.63) is 23.2 Å². The van der Waals surface area contributed by atoms with Gasteiger partial charge in [-0.05, 0) is 26.0 Å². The van der Waals surface area contributed by atoms with Crippen LogP contribution in [0.25, 0.3) is 10.2 Å². The first-order valence-corrected chi connectivity index (χ1v) is 6.07. The van der Waals surface area contributed by atoms with Gasteiger partial charge in [0.15, 0.2) is 0 Å². The Labute approximate surface area is 98.0 Å². The summed E-state index contributed by atoms with van der Waals surface area (Å²) in [6.45, 7) is 4.45. The number of Topliss-reactive ketones (excluding diaryl/α,β-unsaturated/α-hetero) is 1. The summed E-state index contributed by atoms with van der Waals surface area (Å²) in [5.74, 6) is 0.430. The number of aryl methyl sites for hydroxylation is 1. The molecule has 16 heavy (non-hydrogen) atoms. The molecule has 0 saturated carbocycles. The van der Waals surface area contributed by atoms with Crippen LogP contribution in [0, 0.1) is 0 Å². The van der Waals surface area contributed by atoms with Gasteiger partial charge >= 0.3 is 0 Å². The molecule has 1 aromatic heterocycles. The number of carbonyl (C=O) groups is 1. The van der Waals surface area contributed by atoms with Crippen LogP contribution in [-0.2, 0) is 17.8 Å². The van der Waals surface area contributed by atoms with Gasteiger partial charge in [-0.2, -0.15) is 4.57 Å². The molecule has 1 N–H and O–H groups in total. The van der Waals surface area contributed by atoms with Gasteiger partial charge in [-0.1, -0.05) is 11.3 Å². The summed E-state index contributed by atoms with van der Waals surface area (Å²) in [7, 11) is 0. The molecule has 0 spiro atoms. The molecule has 0 bridgehead atoms. The number of aromatic hydroxyl groups is 1. The maximum Gasteiger partial charge on any atom is 0.245 e. The molecule has 0 fully saturated rings. The molecule has 0 atom stereocenters. The van der Waals surface area contributed by atoms with Crippen LogP contribution >= 0.6 is 11.3 Å². The van der Waals surface area contributed by atoms with E-state index in [1.165, 1.54) is 0 Å². The Hall–Kier alpha value is -1.42. The smallest absolute Gasteiger partial charge is 0.245 e. The maximum absolute atomic E-state index is 11.2. The van der Waals surface area contributed by atoms with E-state index in [1.54, 1.807) is 30.4 Å². The van der Waals surface area contributed by atoms with Gasteiger partial charge in [-0.15, -0.1) is 0 Å². The van der Waals surface area contributed by atoms with E-state index in [0.29, 0.717) is 6.42 Å². The summed E-state index contributed by atoms with van der Waals surface area (Å²) >= 11 is 1.62. The molecule has 2 aromatic rings. The Morgan fingerprint density at radius 2 is 2.25 bits per heavy atom. The van der Waals surface area contributed by atoms with Crippen LogP contribution in [0.4, 0.5) is 0 Å². The van der Waals surface area contributed by atoms with Gasteiger partial charge in [0, 0.05) is 0 Å². The molecule has 1 aromatic carbocycles. The number of fused-ring (bicyclic) bond motifs is 1. The number of hydrogen-bond acceptors (Lipinski definition) is 3. The number of hydrogen-bond donors (Lipinski definition) is 1. The van der Waals surface area contributed by atoms with Gasteiger partial charge in [-0.25, -0.2) is 0 Å². The van der Waals surface area contributed by atoms with Crippen molar-refractivity contribution in [3.8, 4) is 5.75 Å². The molecule has 0 aliphatic heterocycles. The number of nitrogens with zero attached hydrogens (tertiary/aromatic N) is 1. The lowest BCUT2D eigenvalue weighted by molar-refractivity contribution is -0.670. The molecule has 0 aliphatic rings. The summed E-state index contributed by atoms with van der Waals surface area (Å²) in [6.07, 6.45) is 0.466. The molecule has 0 saturated heterocycles. The first kappa shape index (κ1) is 11.1. The topological polar surface area (TPSA) is 41.2 Å². The Morgan fingerprint density at radius 3 is 2.88 bits per heavy atom. The van der Waals surface area contributed by atoms with Gasteiger partial charge in [0.2, 0.25) is 10.5 Å². The molecule has 84 valence electrons. The second kappa shape index (κ2) is 4.22. The average Bonchev–Trinajstić information content (AvgIpc) is 2.53. The van der Waals surface area contributed by atoms with Crippen molar-refractivity contribution < 1.29 is 14.5 Å². The summed E-state index contributed by atoms with van der Waals surface area (Å²) < 4.78 is 3.19. The van der Waals surface area contributed by atoms with Crippen LogP contribution in [0.1, 0.15) is 18.9 Å². The zero-order valence-electron chi connectivity index (χ0n) is 9.36. The minimum absolute atomic E-state index is 0.165. The van der Waals surface area contributed by atoms with E-state index in [0.717, 1.165) is 21.8 Å². The molecule has 0 radical (unpaired) electrons. The summed E-state index contributed by atoms with van der Waals surface area (Å²) in [5.41, 5.74) is 1.00. The van der Waals surface area contributed by atoms with Crippen molar-refractivity contribution in [2.24, 2.45) is 0 Å². The number of rotatable bonds is 3. The highest BCUT2D eigenvalue weighted by Gasteiger charge is 2.20. The number of ketones is 1. The van der Waals surface area contributed by atoms with Crippen LogP contribution < -0.4 is 4.57 Å². The number of benzene rings is 1. The zero-order valence-corrected chi connectivity index (χ0v) is 10.2. The number of phenolic OH excluding ortho intramolecular Hbond substituents is 1. The highest BCUT2D eigenvalue weighted by Crippen LogP contribution is 2.24. The Bertz CT molecular complexity index is 545. The fourth-order valence-corrected chi connectivity index (χ4v) is 3.09. The monoisotopic (exact) mass is 236 g/mol. The highest BCUT2D eigenvalue weighted by molar-refractivity contribution is 7.18. The van der Waals surface area contributed by atoms with E-state index in [2.05, 4.69) is 4.57 Å². The lowest BCUT2D eigenvalue weighted by atomic mass is 10.3. The fourth-order valence-electron chi connectivity index (χ4n) is 1.81. The predicted octanol–water partition coefficient (Wildman–Crippen LogP) is 2.05. The third kappa shape index (κ3) is 1.93. The van der Waals surface area contributed by atoms with Crippen LogP contribution in [0.5, 0.6) is 5.75 Å². The summed E-state index contributed by atoms with van der Waals surface area (Å²) in [5, 5.41) is 10.5. The standard InChI is InChI=1S/C12H13NO2S/c1-3-13-10-7-9(15)4-5-11(10)16-12(13)6-8(2)14/h4-5,7H,3,6H2,1-2H3/p+1. The van der Waals surface area contributed by atoms with Crippen LogP contribution in [0.15, 0.2) is 18.2 Å². The molecule has 2 rings (SSSR count). The Balaban J connectivity index is 2.62. The molecule has 1 heterocycles. The van der Waals surface area contributed by atoms with E-state index in [-0.39, 0.29) is 11.5 Å². The molecular formula is C12H14NO2S+. The van der Waals surface area contributed by atoms with E-state index >= 15 is 0 Å². The molecule has 0 amide bonds. The van der Waals surface area contributed by atoms with E-state index in [4.69, 9.17) is 0 Å². The van der Waals surface area contributed by atoms with Crippen LogP contribution in [0.2, 0.25) is 0 Å². The quantitative estimate of drug-likeness (QED) is 0.829. The average molecular weight is 236 g/mol. The number of aromatic nitrogens is 1. The molecule has 3 nitrogen and oxygen atoms in total. The summed E-state index contributed by atoms with van der Waals surface area (Å²) in [4.78, 5) is 11.2. The van der Waals surface area contributed by atoms with E-state index in [9.17, 15) is 9.90 Å². The van der Waals surface area contributed by atoms with Crippen molar-refractivity contribution in [2.75, 3.05) is 0 Å². The molecular weight excluding hydrogens is 222 g/mol. The van der Waals surface area contributed by atoms with Gasteiger partial charge in [0.1, 0.15) is 29.2 Å². The third-order valence-electron chi connectivity index (χ3n) is 2.48. The van der Waals surface area contributed by atoms with E-state index in [1.807, 2.05) is 13.0 Å². The van der Waals surface area contributed by atoms with E-state index < -0.39 is 0 Å². The minimum atomic E-state index is 0.165. The van der Waals surface area contributed by atoms with Crippen molar-refractivity contribution in [1.82, 2.24) is 0 Å². The maximum atomic E-state index is 11.2. The molecule has 4 heteroatoms. The second-order valence-corrected chi connectivity index (χ2v) is 4.89. The first-order chi connectivity index (χ1) is 7.61. The summed E-state index contributed by atoms with van der Waals surface area (Å²) in [6, 6.07) is 5.32. The second-order valence-electron chi connectivity index (χ2n) is 3.77. The van der Waals surface area contributed by atoms with Gasteiger partial charge in [-0.3, -0.25) is 4.79 Å². The first-order valence-electron chi connectivity index (χ1n) is 5.25. The number of thiazole rings is 1. The third-order valence-corrected chi connectivity index (χ3v) is 3.64. The van der Waals surface area contributed by atoms with Crippen molar-refractivity contribution in [3.63, 3.8) is 0 Å². The largest absolute Gasteiger partial charge is 0.508 e. The normalized spacial score (nSPS) is 10.9. The Kier molecular flexibility index (Phi) is 2.92. The lowest BCUT2D eigenvalue weighted by Crippen LogP contribution is -2.35. The minimum Gasteiger partial charge on any atom is -0.508 e. The Morgan fingerprint density at radius 1 is 1.50 bits per heavy atom. The van der Waals surface area contributed by atoms with Crippen LogP contribution in [0.3, 0.4) is 0 Å². The van der Waals surface area contributed by atoms with Gasteiger partial charge < -0.3 is 5.11 Å². The van der Waals surface area contributed by atoms with Crippen molar-refractivity contribution in [2.45, 2.75) is 26.8 Å². The zero-order chi connectivity index (χ0) is 11.7. The number of carbonyl (C=O) groups excluding carboxylic acids is 1. The molecule has 0 aliphatic carbocycles. The van der Waals surface area contributed by atoms with Gasteiger partial charge in [0.05, 0.1) is 6.07 Å². The van der Waals surface area contributed by atoms with Crippen molar-refractivity contribution in [1.29, 1.82) is 0 Å². The van der Waals surface area contributed by atoms with Crippen LogP contribution in [-0.4, -0.2) is 10.9 Å². The van der Waals surface area contributed by atoms with Gasteiger partial charge in [0.25, 0.3) is 0 Å². The highest BCUT2D eigenvalue weighted by atomic mass is 32.1. The van der Waals surface area contributed by atoms with Crippen molar-refractivity contribution >= 4 is 27.3 Å². The number of phenols is 1. The SMILES string of the molecule is CC[n+]1c(CC(C)=O)sc2ccc(O)cc21. The molecule has 0 unspecified atom stereocenters. The fraction of sp³-hybridized carbons (Fsp3) is 0.333. The predicted molar refractivity (Wildman–Crippen MR) is 63.7 cm³/mol. The lowest BCUT2D eigenvalue weighted by Gasteiger charge is -1.94.